The van der Waals surface area contributed by atoms with Crippen molar-refractivity contribution in [2.24, 2.45) is 0 Å². The third-order valence-electron chi connectivity index (χ3n) is 4.56. The molecule has 1 fully saturated rings. The number of tetrazole rings is 1. The standard InChI is InChI=1S/C20H23N5OS/c1-16-6-5-9-18(12-16)25-20(21-22-23-25)27-15-19-14-24(10-11-26-19)13-17-7-3-2-4-8-17/h2-9,12,19H,10-11,13-15H2,1H3/t19-/m1/s1. The predicted molar refractivity (Wildman–Crippen MR) is 106 cm³/mol. The van der Waals surface area contributed by atoms with Gasteiger partial charge in [-0.2, -0.15) is 4.68 Å². The molecule has 27 heavy (non-hydrogen) atoms. The van der Waals surface area contributed by atoms with Gasteiger partial charge in [0.15, 0.2) is 0 Å². The third kappa shape index (κ3) is 4.74. The molecule has 1 atom stereocenters. The van der Waals surface area contributed by atoms with Gasteiger partial charge in [0.25, 0.3) is 0 Å². The Morgan fingerprint density at radius 1 is 1.15 bits per heavy atom. The second-order valence-electron chi connectivity index (χ2n) is 6.74. The van der Waals surface area contributed by atoms with Gasteiger partial charge >= 0.3 is 0 Å². The second-order valence-corrected chi connectivity index (χ2v) is 7.72. The first kappa shape index (κ1) is 18.2. The number of ether oxygens (including phenoxy) is 1. The van der Waals surface area contributed by atoms with Gasteiger partial charge in [-0.3, -0.25) is 4.90 Å². The number of aromatic nitrogens is 4. The van der Waals surface area contributed by atoms with Crippen LogP contribution in [0.25, 0.3) is 5.69 Å². The molecule has 0 bridgehead atoms. The van der Waals surface area contributed by atoms with E-state index in [4.69, 9.17) is 4.74 Å². The highest BCUT2D eigenvalue weighted by molar-refractivity contribution is 7.99. The van der Waals surface area contributed by atoms with Gasteiger partial charge in [-0.05, 0) is 40.6 Å². The number of hydrogen-bond acceptors (Lipinski definition) is 6. The molecule has 1 saturated heterocycles. The fraction of sp³-hybridized carbons (Fsp3) is 0.350. The molecule has 6 nitrogen and oxygen atoms in total. The molecule has 4 rings (SSSR count). The minimum atomic E-state index is 0.176. The van der Waals surface area contributed by atoms with Crippen LogP contribution in [-0.4, -0.2) is 56.7 Å². The average Bonchev–Trinajstić information content (AvgIpc) is 3.16. The molecule has 140 valence electrons. The monoisotopic (exact) mass is 381 g/mol. The SMILES string of the molecule is Cc1cccc(-n2nnnc2SC[C@H]2CN(Cc3ccccc3)CCO2)c1. The van der Waals surface area contributed by atoms with Crippen molar-refractivity contribution >= 4 is 11.8 Å². The van der Waals surface area contributed by atoms with Crippen LogP contribution in [0.15, 0.2) is 59.8 Å². The zero-order valence-corrected chi connectivity index (χ0v) is 16.2. The largest absolute Gasteiger partial charge is 0.375 e. The molecule has 1 aliphatic heterocycles. The Labute approximate surface area is 163 Å². The third-order valence-corrected chi connectivity index (χ3v) is 5.61. The Kier molecular flexibility index (Phi) is 5.81. The van der Waals surface area contributed by atoms with Crippen LogP contribution in [0.2, 0.25) is 0 Å². The summed E-state index contributed by atoms with van der Waals surface area (Å²) in [5.74, 6) is 0.831. The van der Waals surface area contributed by atoms with Crippen molar-refractivity contribution in [3.05, 3.63) is 65.7 Å². The van der Waals surface area contributed by atoms with E-state index in [0.29, 0.717) is 0 Å². The van der Waals surface area contributed by atoms with Gasteiger partial charge in [-0.1, -0.05) is 54.2 Å². The summed E-state index contributed by atoms with van der Waals surface area (Å²) in [6.45, 7) is 5.69. The maximum absolute atomic E-state index is 5.97. The number of rotatable bonds is 6. The molecule has 0 N–H and O–H groups in total. The number of hydrogen-bond donors (Lipinski definition) is 0. The normalized spacial score (nSPS) is 17.9. The van der Waals surface area contributed by atoms with Crippen LogP contribution in [-0.2, 0) is 11.3 Å². The summed E-state index contributed by atoms with van der Waals surface area (Å²) in [6.07, 6.45) is 0.176. The number of nitrogens with zero attached hydrogens (tertiary/aromatic N) is 5. The van der Waals surface area contributed by atoms with E-state index < -0.39 is 0 Å². The lowest BCUT2D eigenvalue weighted by molar-refractivity contribution is -0.0187. The fourth-order valence-electron chi connectivity index (χ4n) is 3.22. The van der Waals surface area contributed by atoms with Gasteiger partial charge < -0.3 is 4.74 Å². The minimum absolute atomic E-state index is 0.176. The first-order valence-corrected chi connectivity index (χ1v) is 10.1. The summed E-state index contributed by atoms with van der Waals surface area (Å²) in [6, 6.07) is 18.8. The van der Waals surface area contributed by atoms with Crippen LogP contribution in [0, 0.1) is 6.92 Å². The summed E-state index contributed by atoms with van der Waals surface area (Å²) < 4.78 is 7.76. The van der Waals surface area contributed by atoms with Gasteiger partial charge in [0.1, 0.15) is 0 Å². The molecule has 0 aliphatic carbocycles. The summed E-state index contributed by atoms with van der Waals surface area (Å²) in [7, 11) is 0. The Morgan fingerprint density at radius 2 is 2.04 bits per heavy atom. The van der Waals surface area contributed by atoms with Crippen molar-refractivity contribution in [1.82, 2.24) is 25.1 Å². The Balaban J connectivity index is 1.36. The smallest absolute Gasteiger partial charge is 0.214 e. The molecule has 3 aromatic rings. The molecular weight excluding hydrogens is 358 g/mol. The number of aryl methyl sites for hydroxylation is 1. The van der Waals surface area contributed by atoms with Crippen LogP contribution < -0.4 is 0 Å². The van der Waals surface area contributed by atoms with Crippen LogP contribution in [0.1, 0.15) is 11.1 Å². The number of morpholine rings is 1. The van der Waals surface area contributed by atoms with Crippen molar-refractivity contribution in [3.63, 3.8) is 0 Å². The van der Waals surface area contributed by atoms with Gasteiger partial charge in [-0.15, -0.1) is 5.10 Å². The van der Waals surface area contributed by atoms with E-state index in [9.17, 15) is 0 Å². The molecule has 0 radical (unpaired) electrons. The quantitative estimate of drug-likeness (QED) is 0.612. The Morgan fingerprint density at radius 3 is 2.89 bits per heavy atom. The zero-order chi connectivity index (χ0) is 18.5. The minimum Gasteiger partial charge on any atom is -0.375 e. The molecule has 0 saturated carbocycles. The molecule has 1 aliphatic rings. The van der Waals surface area contributed by atoms with E-state index in [0.717, 1.165) is 42.8 Å². The molecule has 2 aromatic carbocycles. The van der Waals surface area contributed by atoms with E-state index in [1.165, 1.54) is 11.1 Å². The number of thioether (sulfide) groups is 1. The lowest BCUT2D eigenvalue weighted by atomic mass is 10.2. The van der Waals surface area contributed by atoms with Gasteiger partial charge in [0.2, 0.25) is 5.16 Å². The highest BCUT2D eigenvalue weighted by Crippen LogP contribution is 2.22. The summed E-state index contributed by atoms with van der Waals surface area (Å²) >= 11 is 1.64. The molecule has 1 aromatic heterocycles. The molecule has 0 unspecified atom stereocenters. The molecule has 0 amide bonds. The van der Waals surface area contributed by atoms with E-state index in [1.807, 2.05) is 12.1 Å². The van der Waals surface area contributed by atoms with Crippen molar-refractivity contribution < 1.29 is 4.74 Å². The maximum atomic E-state index is 5.97. The first-order chi connectivity index (χ1) is 13.3. The van der Waals surface area contributed by atoms with Crippen molar-refractivity contribution in [2.45, 2.75) is 24.7 Å². The van der Waals surface area contributed by atoms with Crippen molar-refractivity contribution in [3.8, 4) is 5.69 Å². The fourth-order valence-corrected chi connectivity index (χ4v) is 4.12. The molecular formula is C20H23N5OS. The highest BCUT2D eigenvalue weighted by atomic mass is 32.2. The van der Waals surface area contributed by atoms with E-state index in [-0.39, 0.29) is 6.10 Å². The van der Waals surface area contributed by atoms with Crippen LogP contribution in [0.3, 0.4) is 0 Å². The topological polar surface area (TPSA) is 56.1 Å². The Hall–Kier alpha value is -2.22. The van der Waals surface area contributed by atoms with E-state index in [1.54, 1.807) is 16.4 Å². The molecule has 7 heteroatoms. The summed E-state index contributed by atoms with van der Waals surface area (Å²) in [5, 5.41) is 13.0. The van der Waals surface area contributed by atoms with Gasteiger partial charge in [0, 0.05) is 25.4 Å². The molecule has 2 heterocycles. The highest BCUT2D eigenvalue weighted by Gasteiger charge is 2.22. The van der Waals surface area contributed by atoms with Gasteiger partial charge in [-0.25, -0.2) is 0 Å². The predicted octanol–water partition coefficient (Wildman–Crippen LogP) is 2.96. The van der Waals surface area contributed by atoms with Crippen molar-refractivity contribution in [1.29, 1.82) is 0 Å². The maximum Gasteiger partial charge on any atom is 0.214 e. The summed E-state index contributed by atoms with van der Waals surface area (Å²) in [5.41, 5.74) is 3.51. The van der Waals surface area contributed by atoms with Crippen LogP contribution in [0.4, 0.5) is 0 Å². The lowest BCUT2D eigenvalue weighted by Gasteiger charge is -2.32. The zero-order valence-electron chi connectivity index (χ0n) is 15.4. The Bertz CT molecular complexity index is 870. The summed E-state index contributed by atoms with van der Waals surface area (Å²) in [4.78, 5) is 2.45. The molecule has 0 spiro atoms. The van der Waals surface area contributed by atoms with Crippen LogP contribution in [0.5, 0.6) is 0 Å². The van der Waals surface area contributed by atoms with E-state index >= 15 is 0 Å². The van der Waals surface area contributed by atoms with Crippen molar-refractivity contribution in [2.75, 3.05) is 25.4 Å². The lowest BCUT2D eigenvalue weighted by Crippen LogP contribution is -2.43. The van der Waals surface area contributed by atoms with E-state index in [2.05, 4.69) is 69.8 Å². The van der Waals surface area contributed by atoms with Crippen LogP contribution >= 0.6 is 11.8 Å². The first-order valence-electron chi connectivity index (χ1n) is 9.14. The van der Waals surface area contributed by atoms with Gasteiger partial charge in [0.05, 0.1) is 18.4 Å². The number of benzene rings is 2. The average molecular weight is 382 g/mol. The second kappa shape index (κ2) is 8.65.